The lowest BCUT2D eigenvalue weighted by Gasteiger charge is -1.97. The minimum atomic E-state index is -0.281. The van der Waals surface area contributed by atoms with Gasteiger partial charge in [0.05, 0.1) is 24.2 Å². The van der Waals surface area contributed by atoms with Crippen LogP contribution in [0.15, 0.2) is 29.6 Å². The van der Waals surface area contributed by atoms with Gasteiger partial charge in [-0.05, 0) is 12.1 Å². The predicted octanol–water partition coefficient (Wildman–Crippen LogP) is 3.05. The third-order valence-corrected chi connectivity index (χ3v) is 3.35. The van der Waals surface area contributed by atoms with E-state index in [0.717, 1.165) is 16.3 Å². The highest BCUT2D eigenvalue weighted by atomic mass is 32.1. The van der Waals surface area contributed by atoms with Crippen molar-refractivity contribution in [2.45, 2.75) is 12.8 Å². The van der Waals surface area contributed by atoms with Crippen molar-refractivity contribution in [1.82, 2.24) is 4.98 Å². The van der Waals surface area contributed by atoms with Crippen molar-refractivity contribution in [3.63, 3.8) is 0 Å². The normalized spacial score (nSPS) is 10.3. The molecule has 1 heterocycles. The van der Waals surface area contributed by atoms with Gasteiger partial charge >= 0.3 is 5.97 Å². The second-order valence-corrected chi connectivity index (χ2v) is 4.66. The van der Waals surface area contributed by atoms with Crippen LogP contribution in [0.25, 0.3) is 11.3 Å². The van der Waals surface area contributed by atoms with Crippen molar-refractivity contribution in [2.75, 3.05) is 7.11 Å². The van der Waals surface area contributed by atoms with Crippen molar-refractivity contribution in [3.05, 3.63) is 40.5 Å². The van der Waals surface area contributed by atoms with Crippen LogP contribution in [0.4, 0.5) is 4.39 Å². The molecule has 0 atom stereocenters. The van der Waals surface area contributed by atoms with Crippen LogP contribution < -0.4 is 0 Å². The number of halogens is 1. The molecule has 18 heavy (non-hydrogen) atoms. The first-order valence-corrected chi connectivity index (χ1v) is 6.34. The number of aromatic nitrogens is 1. The van der Waals surface area contributed by atoms with Crippen molar-refractivity contribution in [2.24, 2.45) is 0 Å². The number of aryl methyl sites for hydroxylation is 1. The van der Waals surface area contributed by atoms with Crippen molar-refractivity contribution < 1.29 is 13.9 Å². The summed E-state index contributed by atoms with van der Waals surface area (Å²) in [6, 6.07) is 6.30. The highest BCUT2D eigenvalue weighted by Crippen LogP contribution is 2.23. The molecule has 0 aliphatic carbocycles. The van der Waals surface area contributed by atoms with E-state index in [2.05, 4.69) is 9.72 Å². The van der Waals surface area contributed by atoms with Gasteiger partial charge in [0.25, 0.3) is 0 Å². The largest absolute Gasteiger partial charge is 0.469 e. The Morgan fingerprint density at radius 1 is 1.50 bits per heavy atom. The number of carbonyl (C=O) groups is 1. The summed E-state index contributed by atoms with van der Waals surface area (Å²) in [4.78, 5) is 15.4. The van der Waals surface area contributed by atoms with Gasteiger partial charge < -0.3 is 4.74 Å². The summed E-state index contributed by atoms with van der Waals surface area (Å²) in [5.74, 6) is -0.533. The van der Waals surface area contributed by atoms with Gasteiger partial charge in [-0.15, -0.1) is 11.3 Å². The number of benzene rings is 1. The average Bonchev–Trinajstić information content (AvgIpc) is 2.84. The molecule has 0 unspecified atom stereocenters. The van der Waals surface area contributed by atoms with Gasteiger partial charge in [0.1, 0.15) is 5.82 Å². The molecule has 2 aromatic rings. The van der Waals surface area contributed by atoms with Crippen LogP contribution in [0.2, 0.25) is 0 Å². The lowest BCUT2D eigenvalue weighted by Crippen LogP contribution is -2.01. The molecule has 0 radical (unpaired) electrons. The third kappa shape index (κ3) is 3.13. The Hall–Kier alpha value is -1.75. The number of hydrogen-bond donors (Lipinski definition) is 0. The second-order valence-electron chi connectivity index (χ2n) is 3.71. The van der Waals surface area contributed by atoms with Crippen molar-refractivity contribution in [1.29, 1.82) is 0 Å². The lowest BCUT2D eigenvalue weighted by molar-refractivity contribution is -0.140. The highest BCUT2D eigenvalue weighted by molar-refractivity contribution is 7.09. The van der Waals surface area contributed by atoms with Crippen LogP contribution in [0.3, 0.4) is 0 Å². The van der Waals surface area contributed by atoms with Crippen LogP contribution in [-0.2, 0) is 16.0 Å². The van der Waals surface area contributed by atoms with E-state index in [4.69, 9.17) is 0 Å². The summed E-state index contributed by atoms with van der Waals surface area (Å²) >= 11 is 1.46. The van der Waals surface area contributed by atoms with Gasteiger partial charge in [0, 0.05) is 17.4 Å². The number of ether oxygens (including phenoxy) is 1. The number of methoxy groups -OCH3 is 1. The molecule has 1 aromatic heterocycles. The zero-order chi connectivity index (χ0) is 13.0. The molecule has 0 aliphatic heterocycles. The van der Waals surface area contributed by atoms with E-state index in [1.807, 2.05) is 11.4 Å². The summed E-state index contributed by atoms with van der Waals surface area (Å²) in [5, 5.41) is 2.71. The first-order chi connectivity index (χ1) is 8.69. The minimum Gasteiger partial charge on any atom is -0.469 e. The van der Waals surface area contributed by atoms with Crippen molar-refractivity contribution in [3.8, 4) is 11.3 Å². The Balaban J connectivity index is 2.08. The molecule has 0 spiro atoms. The van der Waals surface area contributed by atoms with E-state index in [-0.39, 0.29) is 11.8 Å². The molecule has 0 aliphatic rings. The third-order valence-electron chi connectivity index (χ3n) is 2.44. The Morgan fingerprint density at radius 3 is 3.06 bits per heavy atom. The minimum absolute atomic E-state index is 0.252. The Kier molecular flexibility index (Phi) is 4.04. The number of nitrogens with zero attached hydrogens (tertiary/aromatic N) is 1. The molecule has 0 fully saturated rings. The summed E-state index contributed by atoms with van der Waals surface area (Å²) in [5.41, 5.74) is 1.48. The van der Waals surface area contributed by atoms with Gasteiger partial charge in [-0.1, -0.05) is 12.1 Å². The zero-order valence-corrected chi connectivity index (χ0v) is 10.7. The van der Waals surface area contributed by atoms with Gasteiger partial charge in [0.15, 0.2) is 0 Å². The number of esters is 1. The first kappa shape index (κ1) is 12.7. The fraction of sp³-hybridized carbons (Fsp3) is 0.231. The van der Waals surface area contributed by atoms with Crippen LogP contribution in [-0.4, -0.2) is 18.1 Å². The summed E-state index contributed by atoms with van der Waals surface area (Å²) in [6.45, 7) is 0. The van der Waals surface area contributed by atoms with Crippen LogP contribution in [0.1, 0.15) is 11.4 Å². The van der Waals surface area contributed by atoms with Gasteiger partial charge in [-0.25, -0.2) is 9.37 Å². The lowest BCUT2D eigenvalue weighted by atomic mass is 10.2. The smallest absolute Gasteiger partial charge is 0.305 e. The zero-order valence-electron chi connectivity index (χ0n) is 9.85. The molecule has 0 saturated carbocycles. The SMILES string of the molecule is COC(=O)CCc1nc(-c2cccc(F)c2)cs1. The molecular formula is C13H12FNO2S. The van der Waals surface area contributed by atoms with Gasteiger partial charge in [0.2, 0.25) is 0 Å². The van der Waals surface area contributed by atoms with Crippen molar-refractivity contribution >= 4 is 17.3 Å². The summed E-state index contributed by atoms with van der Waals surface area (Å²) in [6.07, 6.45) is 0.860. The highest BCUT2D eigenvalue weighted by Gasteiger charge is 2.07. The maximum atomic E-state index is 13.1. The van der Waals surface area contributed by atoms with E-state index in [0.29, 0.717) is 12.8 Å². The molecule has 0 N–H and O–H groups in total. The van der Waals surface area contributed by atoms with Crippen LogP contribution >= 0.6 is 11.3 Å². The Labute approximate surface area is 108 Å². The van der Waals surface area contributed by atoms with E-state index >= 15 is 0 Å². The second kappa shape index (κ2) is 5.73. The number of rotatable bonds is 4. The van der Waals surface area contributed by atoms with E-state index in [1.165, 1.54) is 30.6 Å². The number of hydrogen-bond acceptors (Lipinski definition) is 4. The van der Waals surface area contributed by atoms with Crippen LogP contribution in [0, 0.1) is 5.82 Å². The Morgan fingerprint density at radius 2 is 2.33 bits per heavy atom. The standard InChI is InChI=1S/C13H12FNO2S/c1-17-13(16)6-5-12-15-11(8-18-12)9-3-2-4-10(14)7-9/h2-4,7-8H,5-6H2,1H3. The molecule has 3 nitrogen and oxygen atoms in total. The number of thiazole rings is 1. The maximum Gasteiger partial charge on any atom is 0.305 e. The molecule has 0 bridgehead atoms. The predicted molar refractivity (Wildman–Crippen MR) is 67.8 cm³/mol. The summed E-state index contributed by atoms with van der Waals surface area (Å²) < 4.78 is 17.6. The van der Waals surface area contributed by atoms with Gasteiger partial charge in [-0.3, -0.25) is 4.79 Å². The van der Waals surface area contributed by atoms with E-state index < -0.39 is 0 Å². The first-order valence-electron chi connectivity index (χ1n) is 5.46. The summed E-state index contributed by atoms with van der Waals surface area (Å²) in [7, 11) is 1.36. The molecule has 94 valence electrons. The molecule has 0 amide bonds. The molecule has 5 heteroatoms. The molecule has 2 rings (SSSR count). The monoisotopic (exact) mass is 265 g/mol. The number of carbonyl (C=O) groups excluding carboxylic acids is 1. The molecule has 0 saturated heterocycles. The van der Waals surface area contributed by atoms with E-state index in [9.17, 15) is 9.18 Å². The molecule has 1 aromatic carbocycles. The topological polar surface area (TPSA) is 39.2 Å². The molecular weight excluding hydrogens is 253 g/mol. The Bertz CT molecular complexity index is 553. The van der Waals surface area contributed by atoms with E-state index in [1.54, 1.807) is 6.07 Å². The average molecular weight is 265 g/mol. The maximum absolute atomic E-state index is 13.1. The fourth-order valence-corrected chi connectivity index (χ4v) is 2.32. The van der Waals surface area contributed by atoms with Crippen LogP contribution in [0.5, 0.6) is 0 Å². The van der Waals surface area contributed by atoms with Gasteiger partial charge in [-0.2, -0.15) is 0 Å². The quantitative estimate of drug-likeness (QED) is 0.798. The fourth-order valence-electron chi connectivity index (χ4n) is 1.52.